The number of nitrogens with two attached hydrogens (primary N) is 1. The first kappa shape index (κ1) is 18.8. The molecule has 0 radical (unpaired) electrons. The number of methoxy groups -OCH3 is 2. The maximum absolute atomic E-state index is 12.5. The van der Waals surface area contributed by atoms with Gasteiger partial charge < -0.3 is 20.5 Å². The number of hydrogen-bond donors (Lipinski definition) is 2. The zero-order valence-corrected chi connectivity index (χ0v) is 14.6. The summed E-state index contributed by atoms with van der Waals surface area (Å²) in [6.45, 7) is 1.19. The van der Waals surface area contributed by atoms with Crippen LogP contribution >= 0.6 is 0 Å². The van der Waals surface area contributed by atoms with Gasteiger partial charge in [-0.2, -0.15) is 0 Å². The third kappa shape index (κ3) is 4.10. The molecule has 0 bridgehead atoms. The van der Waals surface area contributed by atoms with Crippen LogP contribution in [0.25, 0.3) is 0 Å². The average molecular weight is 357 g/mol. The molecule has 0 heterocycles. The maximum Gasteiger partial charge on any atom is 0.323 e. The molecule has 8 heteroatoms. The first-order valence-corrected chi connectivity index (χ1v) is 7.61. The van der Waals surface area contributed by atoms with Crippen molar-refractivity contribution in [2.75, 3.05) is 30.2 Å². The van der Waals surface area contributed by atoms with Crippen molar-refractivity contribution in [2.24, 2.45) is 0 Å². The Hall–Kier alpha value is -3.55. The fraction of sp³-hybridized carbons (Fsp3) is 0.167. The minimum atomic E-state index is -1.03. The Labute approximate surface area is 150 Å². The Balaban J connectivity index is 2.24. The highest BCUT2D eigenvalue weighted by Gasteiger charge is 2.27. The lowest BCUT2D eigenvalue weighted by Crippen LogP contribution is -2.42. The van der Waals surface area contributed by atoms with E-state index in [0.717, 1.165) is 4.90 Å². The highest BCUT2D eigenvalue weighted by molar-refractivity contribution is 6.48. The Kier molecular flexibility index (Phi) is 5.79. The lowest BCUT2D eigenvalue weighted by molar-refractivity contribution is -0.136. The standard InChI is InChI=1S/C18H19N3O5/c1-11(22)21(14-6-4-5-12(19)9-14)18(24)17(23)20-13-7-8-15(25-2)16(10-13)26-3/h4-10H,19H2,1-3H3,(H,20,23). The number of nitrogens with one attached hydrogen (secondary N) is 1. The van der Waals surface area contributed by atoms with Crippen LogP contribution in [-0.2, 0) is 14.4 Å². The third-order valence-corrected chi connectivity index (χ3v) is 3.48. The van der Waals surface area contributed by atoms with Crippen LogP contribution in [0.2, 0.25) is 0 Å². The lowest BCUT2D eigenvalue weighted by atomic mass is 10.2. The number of benzene rings is 2. The molecule has 3 N–H and O–H groups in total. The number of hydrogen-bond acceptors (Lipinski definition) is 6. The van der Waals surface area contributed by atoms with Gasteiger partial charge in [0.15, 0.2) is 11.5 Å². The van der Waals surface area contributed by atoms with Crippen LogP contribution in [0.1, 0.15) is 6.92 Å². The Morgan fingerprint density at radius 2 is 1.69 bits per heavy atom. The smallest absolute Gasteiger partial charge is 0.323 e. The number of amides is 3. The van der Waals surface area contributed by atoms with Crippen LogP contribution in [0.3, 0.4) is 0 Å². The molecule has 2 rings (SSSR count). The number of carbonyl (C=O) groups is 3. The number of nitrogens with zero attached hydrogens (tertiary/aromatic N) is 1. The number of imide groups is 1. The van der Waals surface area contributed by atoms with Gasteiger partial charge in [0, 0.05) is 24.4 Å². The quantitative estimate of drug-likeness (QED) is 0.638. The van der Waals surface area contributed by atoms with E-state index in [-0.39, 0.29) is 5.69 Å². The van der Waals surface area contributed by atoms with Crippen LogP contribution in [0.5, 0.6) is 11.5 Å². The molecule has 0 saturated heterocycles. The van der Waals surface area contributed by atoms with Gasteiger partial charge >= 0.3 is 11.8 Å². The number of anilines is 3. The highest BCUT2D eigenvalue weighted by atomic mass is 16.5. The van der Waals surface area contributed by atoms with E-state index in [2.05, 4.69) is 5.32 Å². The Morgan fingerprint density at radius 1 is 1.00 bits per heavy atom. The number of rotatable bonds is 4. The summed E-state index contributed by atoms with van der Waals surface area (Å²) in [6.07, 6.45) is 0. The van der Waals surface area contributed by atoms with Gasteiger partial charge in [-0.05, 0) is 30.3 Å². The summed E-state index contributed by atoms with van der Waals surface area (Å²) < 4.78 is 10.3. The van der Waals surface area contributed by atoms with Crippen LogP contribution < -0.4 is 25.4 Å². The normalized spacial score (nSPS) is 9.96. The predicted octanol–water partition coefficient (Wildman–Crippen LogP) is 1.80. The molecule has 2 aromatic carbocycles. The number of nitrogen functional groups attached to an aromatic ring is 1. The average Bonchev–Trinajstić information content (AvgIpc) is 2.61. The second-order valence-corrected chi connectivity index (χ2v) is 5.28. The van der Waals surface area contributed by atoms with E-state index in [1.807, 2.05) is 0 Å². The first-order chi connectivity index (χ1) is 12.4. The molecule has 136 valence electrons. The van der Waals surface area contributed by atoms with E-state index in [1.54, 1.807) is 24.3 Å². The highest BCUT2D eigenvalue weighted by Crippen LogP contribution is 2.29. The summed E-state index contributed by atoms with van der Waals surface area (Å²) in [6, 6.07) is 10.8. The minimum Gasteiger partial charge on any atom is -0.493 e. The van der Waals surface area contributed by atoms with E-state index in [1.165, 1.54) is 39.3 Å². The summed E-state index contributed by atoms with van der Waals surface area (Å²) in [5, 5.41) is 2.44. The molecule has 0 aliphatic carbocycles. The topological polar surface area (TPSA) is 111 Å². The van der Waals surface area contributed by atoms with Crippen molar-refractivity contribution >= 4 is 34.8 Å². The van der Waals surface area contributed by atoms with Gasteiger partial charge in [-0.3, -0.25) is 14.4 Å². The summed E-state index contributed by atoms with van der Waals surface area (Å²) in [5.41, 5.74) is 6.57. The zero-order chi connectivity index (χ0) is 19.3. The minimum absolute atomic E-state index is 0.213. The molecule has 0 atom stereocenters. The number of ether oxygens (including phenoxy) is 2. The molecule has 0 unspecified atom stereocenters. The van der Waals surface area contributed by atoms with Crippen molar-refractivity contribution in [3.05, 3.63) is 42.5 Å². The van der Waals surface area contributed by atoms with Gasteiger partial charge in [0.2, 0.25) is 5.91 Å². The summed E-state index contributed by atoms with van der Waals surface area (Å²) in [5.74, 6) is -1.75. The molecule has 3 amide bonds. The molecule has 0 fully saturated rings. The number of carbonyl (C=O) groups excluding carboxylic acids is 3. The van der Waals surface area contributed by atoms with Gasteiger partial charge in [-0.25, -0.2) is 4.90 Å². The van der Waals surface area contributed by atoms with Crippen LogP contribution in [0.4, 0.5) is 17.1 Å². The molecule has 0 aliphatic rings. The van der Waals surface area contributed by atoms with E-state index in [4.69, 9.17) is 15.2 Å². The molecular formula is C18H19N3O5. The largest absolute Gasteiger partial charge is 0.493 e. The van der Waals surface area contributed by atoms with Crippen molar-refractivity contribution in [1.82, 2.24) is 0 Å². The maximum atomic E-state index is 12.5. The molecule has 0 aromatic heterocycles. The van der Waals surface area contributed by atoms with Crippen LogP contribution in [0.15, 0.2) is 42.5 Å². The van der Waals surface area contributed by atoms with Crippen LogP contribution in [0, 0.1) is 0 Å². The molecular weight excluding hydrogens is 338 g/mol. The molecule has 0 saturated carbocycles. The molecule has 2 aromatic rings. The second-order valence-electron chi connectivity index (χ2n) is 5.28. The van der Waals surface area contributed by atoms with Gasteiger partial charge in [-0.15, -0.1) is 0 Å². The van der Waals surface area contributed by atoms with Gasteiger partial charge in [-0.1, -0.05) is 6.07 Å². The summed E-state index contributed by atoms with van der Waals surface area (Å²) in [4.78, 5) is 37.4. The fourth-order valence-electron chi connectivity index (χ4n) is 2.31. The summed E-state index contributed by atoms with van der Waals surface area (Å²) in [7, 11) is 2.93. The Morgan fingerprint density at radius 3 is 2.27 bits per heavy atom. The monoisotopic (exact) mass is 357 g/mol. The van der Waals surface area contributed by atoms with Gasteiger partial charge in [0.05, 0.1) is 19.9 Å². The molecule has 0 aliphatic heterocycles. The van der Waals surface area contributed by atoms with Crippen molar-refractivity contribution < 1.29 is 23.9 Å². The van der Waals surface area contributed by atoms with E-state index in [0.29, 0.717) is 22.9 Å². The SMILES string of the molecule is COc1ccc(NC(=O)C(=O)N(C(C)=O)c2cccc(N)c2)cc1OC. The van der Waals surface area contributed by atoms with E-state index in [9.17, 15) is 14.4 Å². The third-order valence-electron chi connectivity index (χ3n) is 3.48. The lowest BCUT2D eigenvalue weighted by Gasteiger charge is -2.19. The summed E-state index contributed by atoms with van der Waals surface area (Å²) >= 11 is 0. The van der Waals surface area contributed by atoms with Gasteiger partial charge in [0.25, 0.3) is 0 Å². The predicted molar refractivity (Wildman–Crippen MR) is 97.2 cm³/mol. The van der Waals surface area contributed by atoms with Gasteiger partial charge in [0.1, 0.15) is 0 Å². The molecule has 26 heavy (non-hydrogen) atoms. The van der Waals surface area contributed by atoms with Crippen LogP contribution in [-0.4, -0.2) is 31.9 Å². The Bertz CT molecular complexity index is 850. The van der Waals surface area contributed by atoms with Crippen molar-refractivity contribution in [3.8, 4) is 11.5 Å². The fourth-order valence-corrected chi connectivity index (χ4v) is 2.31. The van der Waals surface area contributed by atoms with Crippen molar-refractivity contribution in [1.29, 1.82) is 0 Å². The molecule has 0 spiro atoms. The van der Waals surface area contributed by atoms with E-state index < -0.39 is 17.7 Å². The van der Waals surface area contributed by atoms with Crippen molar-refractivity contribution in [2.45, 2.75) is 6.92 Å². The first-order valence-electron chi connectivity index (χ1n) is 7.61. The zero-order valence-electron chi connectivity index (χ0n) is 14.6. The second kappa shape index (κ2) is 8.02. The van der Waals surface area contributed by atoms with Crippen molar-refractivity contribution in [3.63, 3.8) is 0 Å². The van der Waals surface area contributed by atoms with E-state index >= 15 is 0 Å². The molecule has 8 nitrogen and oxygen atoms in total.